The second-order valence-corrected chi connectivity index (χ2v) is 4.60. The Bertz CT molecular complexity index is 761. The fourth-order valence-corrected chi connectivity index (χ4v) is 2.20. The molecule has 0 aliphatic carbocycles. The molecule has 1 aromatic carbocycles. The van der Waals surface area contributed by atoms with Crippen molar-refractivity contribution < 1.29 is 0 Å². The molecule has 2 aromatic heterocycles. The van der Waals surface area contributed by atoms with Gasteiger partial charge in [0.2, 0.25) is 5.95 Å². The molecule has 2 heterocycles. The van der Waals surface area contributed by atoms with Crippen molar-refractivity contribution in [3.8, 4) is 11.1 Å². The summed E-state index contributed by atoms with van der Waals surface area (Å²) in [5.41, 5.74) is 8.71. The molecule has 3 aromatic rings. The van der Waals surface area contributed by atoms with Crippen LogP contribution >= 0.6 is 0 Å². The Kier molecular flexibility index (Phi) is 2.98. The number of aromatic nitrogens is 4. The maximum Gasteiger partial charge on any atom is 0.222 e. The van der Waals surface area contributed by atoms with Crippen molar-refractivity contribution in [1.82, 2.24) is 19.7 Å². The summed E-state index contributed by atoms with van der Waals surface area (Å²) in [6, 6.07) is 6.03. The molecule has 20 heavy (non-hydrogen) atoms. The zero-order chi connectivity index (χ0) is 14.1. The summed E-state index contributed by atoms with van der Waals surface area (Å²) in [5, 5.41) is 8.38. The molecule has 0 aliphatic heterocycles. The van der Waals surface area contributed by atoms with Crippen molar-refractivity contribution in [2.24, 2.45) is 7.05 Å². The summed E-state index contributed by atoms with van der Waals surface area (Å²) in [6.45, 7) is 2.80. The Morgan fingerprint density at radius 3 is 2.80 bits per heavy atom. The van der Waals surface area contributed by atoms with Gasteiger partial charge in [-0.3, -0.25) is 4.68 Å². The fourth-order valence-electron chi connectivity index (χ4n) is 2.20. The van der Waals surface area contributed by atoms with E-state index >= 15 is 0 Å². The van der Waals surface area contributed by atoms with E-state index in [1.807, 2.05) is 38.5 Å². The summed E-state index contributed by atoms with van der Waals surface area (Å²) >= 11 is 0. The lowest BCUT2D eigenvalue weighted by molar-refractivity contribution is 0.768. The van der Waals surface area contributed by atoms with Gasteiger partial charge in [-0.15, -0.1) is 0 Å². The number of nitrogens with two attached hydrogens (primary N) is 1. The molecule has 0 saturated heterocycles. The van der Waals surface area contributed by atoms with E-state index in [1.54, 1.807) is 4.68 Å². The molecule has 0 unspecified atom stereocenters. The van der Waals surface area contributed by atoms with Crippen LogP contribution in [0.4, 0.5) is 11.8 Å². The van der Waals surface area contributed by atoms with Gasteiger partial charge >= 0.3 is 0 Å². The second kappa shape index (κ2) is 4.80. The van der Waals surface area contributed by atoms with Gasteiger partial charge in [0.25, 0.3) is 0 Å². The molecular weight excluding hydrogens is 252 g/mol. The first-order chi connectivity index (χ1) is 9.67. The van der Waals surface area contributed by atoms with Crippen LogP contribution in [0.5, 0.6) is 0 Å². The van der Waals surface area contributed by atoms with E-state index in [0.29, 0.717) is 0 Å². The third kappa shape index (κ3) is 2.16. The van der Waals surface area contributed by atoms with Crippen LogP contribution in [0.1, 0.15) is 6.92 Å². The Hall–Kier alpha value is -2.63. The molecule has 0 saturated carbocycles. The molecule has 0 bridgehead atoms. The van der Waals surface area contributed by atoms with Gasteiger partial charge < -0.3 is 11.1 Å². The van der Waals surface area contributed by atoms with Gasteiger partial charge in [-0.2, -0.15) is 10.1 Å². The minimum atomic E-state index is 0.280. The number of benzene rings is 1. The number of hydrogen-bond acceptors (Lipinski definition) is 5. The lowest BCUT2D eigenvalue weighted by Crippen LogP contribution is -2.04. The Morgan fingerprint density at radius 2 is 2.10 bits per heavy atom. The molecular formula is C14H16N6. The number of nitrogens with zero attached hydrogens (tertiary/aromatic N) is 4. The van der Waals surface area contributed by atoms with Crippen LogP contribution in [-0.4, -0.2) is 26.3 Å². The van der Waals surface area contributed by atoms with Crippen LogP contribution in [0.15, 0.2) is 30.6 Å². The molecule has 6 heteroatoms. The zero-order valence-corrected chi connectivity index (χ0v) is 11.5. The number of nitrogens with one attached hydrogen (secondary N) is 1. The van der Waals surface area contributed by atoms with Crippen LogP contribution in [0, 0.1) is 0 Å². The highest BCUT2D eigenvalue weighted by atomic mass is 15.2. The van der Waals surface area contributed by atoms with Crippen molar-refractivity contribution in [3.63, 3.8) is 0 Å². The molecule has 0 spiro atoms. The van der Waals surface area contributed by atoms with E-state index in [4.69, 9.17) is 5.73 Å². The second-order valence-electron chi connectivity index (χ2n) is 4.60. The van der Waals surface area contributed by atoms with Crippen molar-refractivity contribution in [2.45, 2.75) is 6.92 Å². The third-order valence-electron chi connectivity index (χ3n) is 3.10. The molecule has 0 fully saturated rings. The lowest BCUT2D eigenvalue weighted by atomic mass is 10.1. The van der Waals surface area contributed by atoms with Crippen molar-refractivity contribution >= 4 is 22.7 Å². The minimum Gasteiger partial charge on any atom is -0.370 e. The van der Waals surface area contributed by atoms with Crippen LogP contribution in [0.25, 0.3) is 22.0 Å². The SMILES string of the molecule is CCNc1nc(N)nc2ccc(-c3cnn(C)c3)cc12. The lowest BCUT2D eigenvalue weighted by Gasteiger charge is -2.08. The van der Waals surface area contributed by atoms with Gasteiger partial charge in [0.1, 0.15) is 5.82 Å². The smallest absolute Gasteiger partial charge is 0.222 e. The number of aryl methyl sites for hydroxylation is 1. The van der Waals surface area contributed by atoms with Crippen molar-refractivity contribution in [2.75, 3.05) is 17.6 Å². The fraction of sp³-hybridized carbons (Fsp3) is 0.214. The quantitative estimate of drug-likeness (QED) is 0.759. The largest absolute Gasteiger partial charge is 0.370 e. The zero-order valence-electron chi connectivity index (χ0n) is 11.5. The maximum atomic E-state index is 5.73. The highest BCUT2D eigenvalue weighted by Crippen LogP contribution is 2.27. The van der Waals surface area contributed by atoms with Gasteiger partial charge in [-0.05, 0) is 24.6 Å². The molecule has 3 N–H and O–H groups in total. The predicted octanol–water partition coefficient (Wildman–Crippen LogP) is 2.04. The summed E-state index contributed by atoms with van der Waals surface area (Å²) in [4.78, 5) is 8.53. The number of rotatable bonds is 3. The number of hydrogen-bond donors (Lipinski definition) is 2. The molecule has 6 nitrogen and oxygen atoms in total. The van der Waals surface area contributed by atoms with Gasteiger partial charge in [-0.1, -0.05) is 6.07 Å². The van der Waals surface area contributed by atoms with Crippen LogP contribution in [0.3, 0.4) is 0 Å². The highest BCUT2D eigenvalue weighted by molar-refractivity contribution is 5.93. The van der Waals surface area contributed by atoms with Crippen molar-refractivity contribution in [3.05, 3.63) is 30.6 Å². The topological polar surface area (TPSA) is 81.7 Å². The number of anilines is 2. The molecule has 0 atom stereocenters. The number of fused-ring (bicyclic) bond motifs is 1. The standard InChI is InChI=1S/C14H16N6/c1-3-16-13-11-6-9(10-7-17-20(2)8-10)4-5-12(11)18-14(15)19-13/h4-8H,3H2,1-2H3,(H3,15,16,18,19). The summed E-state index contributed by atoms with van der Waals surface area (Å²) in [6.07, 6.45) is 3.82. The van der Waals surface area contributed by atoms with E-state index in [0.717, 1.165) is 34.4 Å². The normalized spacial score (nSPS) is 10.9. The highest BCUT2D eigenvalue weighted by Gasteiger charge is 2.08. The molecule has 0 amide bonds. The summed E-state index contributed by atoms with van der Waals surface area (Å²) in [7, 11) is 1.90. The minimum absolute atomic E-state index is 0.280. The first-order valence-electron chi connectivity index (χ1n) is 6.47. The van der Waals surface area contributed by atoms with E-state index in [1.165, 1.54) is 0 Å². The maximum absolute atomic E-state index is 5.73. The monoisotopic (exact) mass is 268 g/mol. The Labute approximate surface area is 116 Å². The Morgan fingerprint density at radius 1 is 1.25 bits per heavy atom. The third-order valence-corrected chi connectivity index (χ3v) is 3.10. The average molecular weight is 268 g/mol. The van der Waals surface area contributed by atoms with E-state index in [2.05, 4.69) is 26.4 Å². The predicted molar refractivity (Wildman–Crippen MR) is 80.3 cm³/mol. The van der Waals surface area contributed by atoms with Crippen LogP contribution in [-0.2, 0) is 7.05 Å². The summed E-state index contributed by atoms with van der Waals surface area (Å²) < 4.78 is 1.78. The molecule has 0 aliphatic rings. The van der Waals surface area contributed by atoms with Crippen molar-refractivity contribution in [1.29, 1.82) is 0 Å². The molecule has 102 valence electrons. The van der Waals surface area contributed by atoms with E-state index in [-0.39, 0.29) is 5.95 Å². The summed E-state index contributed by atoms with van der Waals surface area (Å²) in [5.74, 6) is 1.04. The first-order valence-corrected chi connectivity index (χ1v) is 6.47. The van der Waals surface area contributed by atoms with Crippen LogP contribution < -0.4 is 11.1 Å². The first kappa shape index (κ1) is 12.4. The molecule has 0 radical (unpaired) electrons. The average Bonchev–Trinajstić information content (AvgIpc) is 2.85. The van der Waals surface area contributed by atoms with Gasteiger partial charge in [0.15, 0.2) is 0 Å². The van der Waals surface area contributed by atoms with Gasteiger partial charge in [-0.25, -0.2) is 4.98 Å². The van der Waals surface area contributed by atoms with E-state index < -0.39 is 0 Å². The van der Waals surface area contributed by atoms with Gasteiger partial charge in [0, 0.05) is 30.7 Å². The van der Waals surface area contributed by atoms with Gasteiger partial charge in [0.05, 0.1) is 11.7 Å². The number of nitrogen functional groups attached to an aromatic ring is 1. The van der Waals surface area contributed by atoms with Crippen LogP contribution in [0.2, 0.25) is 0 Å². The Balaban J connectivity index is 2.18. The van der Waals surface area contributed by atoms with E-state index in [9.17, 15) is 0 Å². The molecule has 3 rings (SSSR count).